The molecule has 0 aliphatic heterocycles. The van der Waals surface area contributed by atoms with Crippen molar-refractivity contribution in [3.63, 3.8) is 0 Å². The van der Waals surface area contributed by atoms with Crippen molar-refractivity contribution in [1.82, 2.24) is 9.78 Å². The van der Waals surface area contributed by atoms with Gasteiger partial charge in [0.1, 0.15) is 6.20 Å². The third-order valence-electron chi connectivity index (χ3n) is 2.87. The van der Waals surface area contributed by atoms with Crippen LogP contribution in [-0.4, -0.2) is 33.0 Å². The lowest BCUT2D eigenvalue weighted by Crippen LogP contribution is -2.27. The van der Waals surface area contributed by atoms with Gasteiger partial charge < -0.3 is 10.0 Å². The molecule has 0 bridgehead atoms. The van der Waals surface area contributed by atoms with E-state index in [1.807, 2.05) is 30.3 Å². The number of aryl methyl sites for hydroxylation is 1. The number of anilines is 1. The number of nitro groups is 1. The molecule has 20 heavy (non-hydrogen) atoms. The molecule has 0 fully saturated rings. The molecule has 106 valence electrons. The second kappa shape index (κ2) is 6.16. The zero-order valence-electron chi connectivity index (χ0n) is 11.1. The van der Waals surface area contributed by atoms with Gasteiger partial charge in [-0.3, -0.25) is 14.8 Å². The highest BCUT2D eigenvalue weighted by molar-refractivity contribution is 5.57. The summed E-state index contributed by atoms with van der Waals surface area (Å²) in [5, 5.41) is 24.4. The van der Waals surface area contributed by atoms with Gasteiger partial charge in [-0.15, -0.1) is 5.10 Å². The lowest BCUT2D eigenvalue weighted by Gasteiger charge is -2.20. The second-order valence-electron chi connectivity index (χ2n) is 4.40. The first-order chi connectivity index (χ1) is 9.61. The predicted molar refractivity (Wildman–Crippen MR) is 74.4 cm³/mol. The van der Waals surface area contributed by atoms with Crippen LogP contribution in [0, 0.1) is 10.1 Å². The van der Waals surface area contributed by atoms with E-state index < -0.39 is 4.92 Å². The van der Waals surface area contributed by atoms with Crippen molar-refractivity contribution in [2.24, 2.45) is 7.05 Å². The molecule has 0 spiro atoms. The van der Waals surface area contributed by atoms with E-state index in [9.17, 15) is 10.1 Å². The summed E-state index contributed by atoms with van der Waals surface area (Å²) in [6.45, 7) is 0.645. The molecular formula is C13H16N4O3. The standard InChI is InChI=1S/C13H16N4O3/c1-15-10-12(17(19)20)13(14-15)16(7-8-18)9-11-5-3-2-4-6-11/h2-6,10,18H,7-9H2,1H3. The Morgan fingerprint density at radius 2 is 2.10 bits per heavy atom. The van der Waals surface area contributed by atoms with Crippen LogP contribution in [0.3, 0.4) is 0 Å². The Balaban J connectivity index is 2.31. The van der Waals surface area contributed by atoms with E-state index in [1.165, 1.54) is 10.9 Å². The van der Waals surface area contributed by atoms with Gasteiger partial charge >= 0.3 is 5.69 Å². The van der Waals surface area contributed by atoms with E-state index in [2.05, 4.69) is 5.10 Å². The van der Waals surface area contributed by atoms with E-state index in [4.69, 9.17) is 5.11 Å². The molecule has 0 aliphatic rings. The largest absolute Gasteiger partial charge is 0.395 e. The number of aliphatic hydroxyl groups is 1. The molecule has 2 aromatic rings. The van der Waals surface area contributed by atoms with Gasteiger partial charge in [0.25, 0.3) is 0 Å². The van der Waals surface area contributed by atoms with Crippen LogP contribution in [-0.2, 0) is 13.6 Å². The first-order valence-electron chi connectivity index (χ1n) is 6.19. The summed E-state index contributed by atoms with van der Waals surface area (Å²) in [4.78, 5) is 12.3. The molecule has 2 rings (SSSR count). The Morgan fingerprint density at radius 3 is 2.70 bits per heavy atom. The van der Waals surface area contributed by atoms with Crippen molar-refractivity contribution in [2.45, 2.75) is 6.54 Å². The van der Waals surface area contributed by atoms with Crippen molar-refractivity contribution in [1.29, 1.82) is 0 Å². The Kier molecular flexibility index (Phi) is 4.31. The van der Waals surface area contributed by atoms with Gasteiger partial charge in [-0.1, -0.05) is 30.3 Å². The number of hydrogen-bond donors (Lipinski definition) is 1. The molecule has 0 saturated heterocycles. The van der Waals surface area contributed by atoms with Crippen molar-refractivity contribution in [3.8, 4) is 0 Å². The van der Waals surface area contributed by atoms with Gasteiger partial charge in [0.15, 0.2) is 0 Å². The molecule has 0 unspecified atom stereocenters. The van der Waals surface area contributed by atoms with Gasteiger partial charge in [0.05, 0.1) is 11.5 Å². The summed E-state index contributed by atoms with van der Waals surface area (Å²) in [6.07, 6.45) is 1.37. The van der Waals surface area contributed by atoms with Crippen molar-refractivity contribution in [2.75, 3.05) is 18.1 Å². The molecule has 1 aromatic carbocycles. The van der Waals surface area contributed by atoms with Crippen LogP contribution >= 0.6 is 0 Å². The van der Waals surface area contributed by atoms with Crippen molar-refractivity contribution < 1.29 is 10.0 Å². The number of nitrogens with zero attached hydrogens (tertiary/aromatic N) is 4. The smallest absolute Gasteiger partial charge is 0.330 e. The highest BCUT2D eigenvalue weighted by Gasteiger charge is 2.23. The Morgan fingerprint density at radius 1 is 1.40 bits per heavy atom. The lowest BCUT2D eigenvalue weighted by atomic mass is 10.2. The van der Waals surface area contributed by atoms with Crippen molar-refractivity contribution >= 4 is 11.5 Å². The highest BCUT2D eigenvalue weighted by atomic mass is 16.6. The number of rotatable bonds is 6. The molecule has 7 nitrogen and oxygen atoms in total. The van der Waals surface area contributed by atoms with Crippen LogP contribution in [0.2, 0.25) is 0 Å². The van der Waals surface area contributed by atoms with Crippen LogP contribution in [0.1, 0.15) is 5.56 Å². The van der Waals surface area contributed by atoms with E-state index >= 15 is 0 Å². The first-order valence-corrected chi connectivity index (χ1v) is 6.19. The number of aliphatic hydroxyl groups excluding tert-OH is 1. The van der Waals surface area contributed by atoms with Gasteiger partial charge in [0, 0.05) is 20.1 Å². The summed E-state index contributed by atoms with van der Waals surface area (Å²) in [7, 11) is 1.64. The average molecular weight is 276 g/mol. The minimum absolute atomic E-state index is 0.0584. The summed E-state index contributed by atoms with van der Waals surface area (Å²) in [5.41, 5.74) is 0.942. The maximum atomic E-state index is 11.1. The maximum Gasteiger partial charge on any atom is 0.330 e. The fraction of sp³-hybridized carbons (Fsp3) is 0.308. The number of aromatic nitrogens is 2. The van der Waals surface area contributed by atoms with Crippen LogP contribution < -0.4 is 4.90 Å². The first kappa shape index (κ1) is 14.0. The average Bonchev–Trinajstić information content (AvgIpc) is 2.82. The number of benzene rings is 1. The van der Waals surface area contributed by atoms with E-state index in [1.54, 1.807) is 11.9 Å². The van der Waals surface area contributed by atoms with Crippen LogP contribution in [0.4, 0.5) is 11.5 Å². The van der Waals surface area contributed by atoms with Crippen molar-refractivity contribution in [3.05, 3.63) is 52.2 Å². The molecule has 1 N–H and O–H groups in total. The normalized spacial score (nSPS) is 10.5. The van der Waals surface area contributed by atoms with Gasteiger partial charge in [-0.05, 0) is 5.56 Å². The zero-order chi connectivity index (χ0) is 14.5. The molecule has 7 heteroatoms. The zero-order valence-corrected chi connectivity index (χ0v) is 11.1. The molecular weight excluding hydrogens is 260 g/mol. The highest BCUT2D eigenvalue weighted by Crippen LogP contribution is 2.26. The minimum atomic E-state index is -0.461. The van der Waals surface area contributed by atoms with E-state index in [0.717, 1.165) is 5.56 Å². The molecule has 0 saturated carbocycles. The fourth-order valence-electron chi connectivity index (χ4n) is 2.00. The molecule has 1 aromatic heterocycles. The molecule has 0 atom stereocenters. The SMILES string of the molecule is Cn1cc([N+](=O)[O-])c(N(CCO)Cc2ccccc2)n1. The molecule has 0 amide bonds. The summed E-state index contributed by atoms with van der Waals surface area (Å²) in [6, 6.07) is 9.57. The van der Waals surface area contributed by atoms with Gasteiger partial charge in [-0.2, -0.15) is 0 Å². The molecule has 1 heterocycles. The Labute approximate surface area is 116 Å². The quantitative estimate of drug-likeness (QED) is 0.635. The number of hydrogen-bond acceptors (Lipinski definition) is 5. The lowest BCUT2D eigenvalue weighted by molar-refractivity contribution is -0.384. The van der Waals surface area contributed by atoms with Crippen LogP contribution in [0.25, 0.3) is 0 Å². The molecule has 0 radical (unpaired) electrons. The molecule has 0 aliphatic carbocycles. The van der Waals surface area contributed by atoms with Crippen LogP contribution in [0.5, 0.6) is 0 Å². The summed E-state index contributed by atoms with van der Waals surface area (Å²) >= 11 is 0. The summed E-state index contributed by atoms with van der Waals surface area (Å²) < 4.78 is 1.41. The third-order valence-corrected chi connectivity index (χ3v) is 2.87. The Bertz CT molecular complexity index is 583. The monoisotopic (exact) mass is 276 g/mol. The van der Waals surface area contributed by atoms with E-state index in [-0.39, 0.29) is 24.7 Å². The van der Waals surface area contributed by atoms with Crippen LogP contribution in [0.15, 0.2) is 36.5 Å². The summed E-state index contributed by atoms with van der Waals surface area (Å²) in [5.74, 6) is 0.274. The predicted octanol–water partition coefficient (Wildman–Crippen LogP) is 1.33. The van der Waals surface area contributed by atoms with Gasteiger partial charge in [-0.25, -0.2) is 0 Å². The third kappa shape index (κ3) is 3.12. The maximum absolute atomic E-state index is 11.1. The second-order valence-corrected chi connectivity index (χ2v) is 4.40. The fourth-order valence-corrected chi connectivity index (χ4v) is 2.00. The topological polar surface area (TPSA) is 84.4 Å². The van der Waals surface area contributed by atoms with Gasteiger partial charge in [0.2, 0.25) is 5.82 Å². The minimum Gasteiger partial charge on any atom is -0.395 e. The Hall–Kier alpha value is -2.41. The van der Waals surface area contributed by atoms with E-state index in [0.29, 0.717) is 6.54 Å².